The lowest BCUT2D eigenvalue weighted by molar-refractivity contribution is 0.794. The summed E-state index contributed by atoms with van der Waals surface area (Å²) >= 11 is 0. The molecule has 0 bridgehead atoms. The van der Waals surface area contributed by atoms with Crippen molar-refractivity contribution in [2.75, 3.05) is 0 Å². The van der Waals surface area contributed by atoms with Gasteiger partial charge in [0, 0.05) is 16.5 Å². The average Bonchev–Trinajstić information content (AvgIpc) is 3.76. The summed E-state index contributed by atoms with van der Waals surface area (Å²) in [6.45, 7) is 0. The van der Waals surface area contributed by atoms with Crippen molar-refractivity contribution in [2.24, 2.45) is 0 Å². The fourth-order valence-electron chi connectivity index (χ4n) is 9.68. The molecule has 57 heavy (non-hydrogen) atoms. The molecule has 0 fully saturated rings. The smallest absolute Gasteiger partial charge is 0.179 e. The van der Waals surface area contributed by atoms with Crippen molar-refractivity contribution in [2.45, 2.75) is 5.41 Å². The number of para-hydroxylation sites is 1. The lowest BCUT2D eigenvalue weighted by Gasteiger charge is -2.30. The number of pyridine rings is 1. The lowest BCUT2D eigenvalue weighted by Crippen LogP contribution is -2.25. The molecule has 0 saturated heterocycles. The summed E-state index contributed by atoms with van der Waals surface area (Å²) in [5, 5.41) is 3.40. The highest BCUT2D eigenvalue weighted by Gasteiger charge is 2.51. The number of benzene rings is 8. The standard InChI is InChI=1S/C54H33N3/c1-2-14-34(15-3-1)51-33-52(57-53(56-51)50-31-27-35-16-4-13-25-49(35)55-50)44-30-29-37(38-17-5-6-18-39(38)44)36-26-28-43-42-21-9-12-24-47(42)54(48(43)32-36)45-22-10-7-19-40(45)41-20-8-11-23-46(41)54/h1-33H. The molecule has 0 unspecified atom stereocenters. The molecule has 3 heteroatoms. The first kappa shape index (κ1) is 31.8. The van der Waals surface area contributed by atoms with Crippen molar-refractivity contribution >= 4 is 21.7 Å². The van der Waals surface area contributed by atoms with E-state index in [0.717, 1.165) is 44.5 Å². The number of aromatic nitrogens is 3. The van der Waals surface area contributed by atoms with E-state index < -0.39 is 5.41 Å². The van der Waals surface area contributed by atoms with E-state index in [2.05, 4.69) is 170 Å². The van der Waals surface area contributed by atoms with Crippen LogP contribution in [0.2, 0.25) is 0 Å². The topological polar surface area (TPSA) is 38.7 Å². The third kappa shape index (κ3) is 4.63. The van der Waals surface area contributed by atoms with Gasteiger partial charge in [0.2, 0.25) is 0 Å². The largest absolute Gasteiger partial charge is 0.244 e. The molecule has 1 spiro atoms. The maximum atomic E-state index is 5.25. The highest BCUT2D eigenvalue weighted by molar-refractivity contribution is 6.06. The second kappa shape index (κ2) is 12.3. The van der Waals surface area contributed by atoms with E-state index in [-0.39, 0.29) is 0 Å². The molecule has 0 atom stereocenters. The molecule has 264 valence electrons. The van der Waals surface area contributed by atoms with E-state index in [9.17, 15) is 0 Å². The highest BCUT2D eigenvalue weighted by atomic mass is 14.9. The van der Waals surface area contributed by atoms with Gasteiger partial charge in [-0.15, -0.1) is 0 Å². The van der Waals surface area contributed by atoms with Gasteiger partial charge < -0.3 is 0 Å². The Labute approximate surface area is 330 Å². The molecule has 12 rings (SSSR count). The number of fused-ring (bicyclic) bond motifs is 12. The third-order valence-electron chi connectivity index (χ3n) is 12.1. The van der Waals surface area contributed by atoms with Crippen LogP contribution in [0.5, 0.6) is 0 Å². The number of nitrogens with zero attached hydrogens (tertiary/aromatic N) is 3. The Kier molecular flexibility index (Phi) is 6.84. The van der Waals surface area contributed by atoms with Crippen LogP contribution in [-0.2, 0) is 5.41 Å². The third-order valence-corrected chi connectivity index (χ3v) is 12.1. The summed E-state index contributed by atoms with van der Waals surface area (Å²) in [5.41, 5.74) is 18.1. The van der Waals surface area contributed by atoms with Crippen LogP contribution < -0.4 is 0 Å². The molecule has 0 N–H and O–H groups in total. The van der Waals surface area contributed by atoms with Crippen LogP contribution in [0.4, 0.5) is 0 Å². The normalized spacial score (nSPS) is 13.1. The Morgan fingerprint density at radius 3 is 1.56 bits per heavy atom. The summed E-state index contributed by atoms with van der Waals surface area (Å²) in [6, 6.07) is 72.1. The molecule has 0 saturated carbocycles. The Balaban J connectivity index is 1.06. The van der Waals surface area contributed by atoms with Gasteiger partial charge in [0.05, 0.1) is 22.3 Å². The molecule has 10 aromatic rings. The van der Waals surface area contributed by atoms with Crippen molar-refractivity contribution in [3.05, 3.63) is 222 Å². The lowest BCUT2D eigenvalue weighted by atomic mass is 9.70. The van der Waals surface area contributed by atoms with E-state index in [4.69, 9.17) is 15.0 Å². The Bertz CT molecular complexity index is 3190. The Hall–Kier alpha value is -7.49. The summed E-state index contributed by atoms with van der Waals surface area (Å²) in [7, 11) is 0. The van der Waals surface area contributed by atoms with Crippen molar-refractivity contribution in [3.8, 4) is 67.4 Å². The summed E-state index contributed by atoms with van der Waals surface area (Å²) in [6.07, 6.45) is 0. The summed E-state index contributed by atoms with van der Waals surface area (Å²) < 4.78 is 0. The van der Waals surface area contributed by atoms with Gasteiger partial charge in [-0.1, -0.05) is 176 Å². The minimum absolute atomic E-state index is 0.396. The SMILES string of the molecule is c1ccc(-c2cc(-c3ccc(-c4ccc5c(c4)C4(c6ccccc6-c6ccccc64)c4ccccc4-5)c4ccccc34)nc(-c3ccc4ccccc4n3)n2)cc1. The van der Waals surface area contributed by atoms with Crippen LogP contribution in [0.1, 0.15) is 22.3 Å². The molecule has 2 heterocycles. The molecule has 2 aliphatic rings. The van der Waals surface area contributed by atoms with Crippen molar-refractivity contribution in [1.82, 2.24) is 15.0 Å². The van der Waals surface area contributed by atoms with E-state index in [1.807, 2.05) is 30.3 Å². The molecule has 2 aliphatic carbocycles. The number of rotatable bonds is 4. The first-order valence-electron chi connectivity index (χ1n) is 19.5. The predicted octanol–water partition coefficient (Wildman–Crippen LogP) is 13.2. The first-order chi connectivity index (χ1) is 28.3. The van der Waals surface area contributed by atoms with E-state index in [0.29, 0.717) is 5.82 Å². The zero-order valence-corrected chi connectivity index (χ0v) is 30.9. The van der Waals surface area contributed by atoms with Crippen LogP contribution in [-0.4, -0.2) is 15.0 Å². The van der Waals surface area contributed by atoms with Gasteiger partial charge in [-0.2, -0.15) is 0 Å². The molecule has 3 nitrogen and oxygen atoms in total. The first-order valence-corrected chi connectivity index (χ1v) is 19.5. The molecule has 0 radical (unpaired) electrons. The molecular formula is C54H33N3. The average molecular weight is 724 g/mol. The maximum absolute atomic E-state index is 5.25. The fraction of sp³-hybridized carbons (Fsp3) is 0.0185. The number of hydrogen-bond acceptors (Lipinski definition) is 3. The second-order valence-corrected chi connectivity index (χ2v) is 15.1. The minimum atomic E-state index is -0.396. The molecule has 0 amide bonds. The van der Waals surface area contributed by atoms with Crippen molar-refractivity contribution in [1.29, 1.82) is 0 Å². The predicted molar refractivity (Wildman–Crippen MR) is 233 cm³/mol. The van der Waals surface area contributed by atoms with Gasteiger partial charge in [-0.3, -0.25) is 0 Å². The molecule has 0 aliphatic heterocycles. The maximum Gasteiger partial charge on any atom is 0.179 e. The van der Waals surface area contributed by atoms with Crippen molar-refractivity contribution in [3.63, 3.8) is 0 Å². The van der Waals surface area contributed by atoms with Crippen molar-refractivity contribution < 1.29 is 0 Å². The summed E-state index contributed by atoms with van der Waals surface area (Å²) in [5.74, 6) is 0.603. The van der Waals surface area contributed by atoms with Crippen LogP contribution in [0.15, 0.2) is 200 Å². The highest BCUT2D eigenvalue weighted by Crippen LogP contribution is 2.63. The van der Waals surface area contributed by atoms with Gasteiger partial charge >= 0.3 is 0 Å². The Morgan fingerprint density at radius 1 is 0.298 bits per heavy atom. The number of hydrogen-bond donors (Lipinski definition) is 0. The van der Waals surface area contributed by atoms with Crippen LogP contribution >= 0.6 is 0 Å². The fourth-order valence-corrected chi connectivity index (χ4v) is 9.68. The van der Waals surface area contributed by atoms with Crippen LogP contribution in [0, 0.1) is 0 Å². The van der Waals surface area contributed by atoms with Gasteiger partial charge in [-0.05, 0) is 90.7 Å². The van der Waals surface area contributed by atoms with Gasteiger partial charge in [-0.25, -0.2) is 15.0 Å². The zero-order valence-electron chi connectivity index (χ0n) is 30.9. The molecule has 2 aromatic heterocycles. The van der Waals surface area contributed by atoms with Crippen LogP contribution in [0.25, 0.3) is 89.1 Å². The second-order valence-electron chi connectivity index (χ2n) is 15.1. The van der Waals surface area contributed by atoms with E-state index in [1.54, 1.807) is 0 Å². The monoisotopic (exact) mass is 723 g/mol. The Morgan fingerprint density at radius 2 is 0.842 bits per heavy atom. The molecule has 8 aromatic carbocycles. The minimum Gasteiger partial charge on any atom is -0.244 e. The van der Waals surface area contributed by atoms with Gasteiger partial charge in [0.1, 0.15) is 5.69 Å². The zero-order chi connectivity index (χ0) is 37.5. The van der Waals surface area contributed by atoms with Gasteiger partial charge in [0.25, 0.3) is 0 Å². The van der Waals surface area contributed by atoms with E-state index >= 15 is 0 Å². The summed E-state index contributed by atoms with van der Waals surface area (Å²) in [4.78, 5) is 15.3. The molecular weight excluding hydrogens is 691 g/mol. The van der Waals surface area contributed by atoms with E-state index in [1.165, 1.54) is 61.0 Å². The van der Waals surface area contributed by atoms with Gasteiger partial charge in [0.15, 0.2) is 5.82 Å². The quantitative estimate of drug-likeness (QED) is 0.181. The van der Waals surface area contributed by atoms with Crippen LogP contribution in [0.3, 0.4) is 0 Å².